The second-order valence-electron chi connectivity index (χ2n) is 4.48. The van der Waals surface area contributed by atoms with Gasteiger partial charge in [-0.3, -0.25) is 4.79 Å². The first-order valence-corrected chi connectivity index (χ1v) is 7.13. The number of hydrogen-bond acceptors (Lipinski definition) is 4. The molecular weight excluding hydrogens is 282 g/mol. The number of carbonyl (C=O) groups is 1. The second-order valence-corrected chi connectivity index (χ2v) is 5.92. The highest BCUT2D eigenvalue weighted by Gasteiger charge is 2.22. The smallest absolute Gasteiger partial charge is 0.263 e. The molecule has 6 heteroatoms. The van der Waals surface area contributed by atoms with Crippen LogP contribution in [0.4, 0.5) is 5.69 Å². The molecule has 0 aliphatic carbocycles. The van der Waals surface area contributed by atoms with Gasteiger partial charge < -0.3 is 10.6 Å². The summed E-state index contributed by atoms with van der Waals surface area (Å²) in [4.78, 5) is 17.7. The molecule has 2 N–H and O–H groups in total. The largest absolute Gasteiger partial charge is 0.382 e. The van der Waals surface area contributed by atoms with Crippen LogP contribution in [-0.4, -0.2) is 23.5 Å². The Morgan fingerprint density at radius 1 is 1.47 bits per heavy atom. The number of amides is 1. The molecule has 19 heavy (non-hydrogen) atoms. The van der Waals surface area contributed by atoms with Crippen molar-refractivity contribution in [3.05, 3.63) is 34.4 Å². The molecule has 4 nitrogen and oxygen atoms in total. The van der Waals surface area contributed by atoms with Gasteiger partial charge in [0, 0.05) is 23.7 Å². The average Bonchev–Trinajstić information content (AvgIpc) is 2.75. The van der Waals surface area contributed by atoms with E-state index in [0.29, 0.717) is 10.0 Å². The van der Waals surface area contributed by atoms with Crippen LogP contribution < -0.4 is 10.6 Å². The van der Waals surface area contributed by atoms with Crippen LogP contribution in [0.25, 0.3) is 10.4 Å². The minimum Gasteiger partial charge on any atom is -0.382 e. The Hall–Kier alpha value is -1.59. The van der Waals surface area contributed by atoms with Crippen LogP contribution in [0.3, 0.4) is 0 Å². The predicted octanol–water partition coefficient (Wildman–Crippen LogP) is 3.01. The summed E-state index contributed by atoms with van der Waals surface area (Å²) in [5.74, 6) is -0.0242. The van der Waals surface area contributed by atoms with Gasteiger partial charge in [0.15, 0.2) is 0 Å². The Morgan fingerprint density at radius 3 is 3.11 bits per heavy atom. The van der Waals surface area contributed by atoms with Gasteiger partial charge >= 0.3 is 0 Å². The van der Waals surface area contributed by atoms with Crippen molar-refractivity contribution in [2.24, 2.45) is 0 Å². The molecule has 1 amide bonds. The molecule has 0 spiro atoms. The molecule has 2 aromatic heterocycles. The molecule has 1 aliphatic rings. The number of halogens is 1. The van der Waals surface area contributed by atoms with E-state index in [1.54, 1.807) is 12.3 Å². The third-order valence-electron chi connectivity index (χ3n) is 2.93. The van der Waals surface area contributed by atoms with Crippen LogP contribution in [0.2, 0.25) is 5.15 Å². The molecule has 98 valence electrons. The van der Waals surface area contributed by atoms with E-state index in [0.717, 1.165) is 22.7 Å². The molecule has 1 aliphatic heterocycles. The van der Waals surface area contributed by atoms with E-state index in [1.165, 1.54) is 11.3 Å². The van der Waals surface area contributed by atoms with Gasteiger partial charge in [0.05, 0.1) is 5.69 Å². The zero-order chi connectivity index (χ0) is 13.4. The highest BCUT2D eigenvalue weighted by Crippen LogP contribution is 2.36. The highest BCUT2D eigenvalue weighted by molar-refractivity contribution is 7.18. The van der Waals surface area contributed by atoms with Gasteiger partial charge in [-0.15, -0.1) is 11.3 Å². The Bertz CT molecular complexity index is 641. The predicted molar refractivity (Wildman–Crippen MR) is 78.0 cm³/mol. The van der Waals surface area contributed by atoms with E-state index in [-0.39, 0.29) is 11.9 Å². The van der Waals surface area contributed by atoms with Crippen molar-refractivity contribution in [2.45, 2.75) is 13.0 Å². The molecule has 3 heterocycles. The lowest BCUT2D eigenvalue weighted by Crippen LogP contribution is -2.34. The van der Waals surface area contributed by atoms with Crippen molar-refractivity contribution >= 4 is 34.5 Å². The van der Waals surface area contributed by atoms with Gasteiger partial charge in [-0.05, 0) is 30.7 Å². The number of nitrogens with zero attached hydrogens (tertiary/aromatic N) is 1. The lowest BCUT2D eigenvalue weighted by molar-refractivity contribution is 0.0949. The molecule has 1 atom stereocenters. The summed E-state index contributed by atoms with van der Waals surface area (Å²) in [6.45, 7) is 2.71. The molecule has 0 saturated heterocycles. The number of nitrogens with one attached hydrogen (secondary N) is 2. The minimum absolute atomic E-state index is 0.0242. The van der Waals surface area contributed by atoms with Crippen LogP contribution in [0.15, 0.2) is 24.4 Å². The SMILES string of the molecule is CC1CNc2cc(-c3ccnc(Cl)c3)sc2C(=O)N1. The number of carbonyl (C=O) groups excluding carboxylic acids is 1. The van der Waals surface area contributed by atoms with Gasteiger partial charge in [-0.1, -0.05) is 11.6 Å². The standard InChI is InChI=1S/C13H12ClN3OS/c1-7-6-16-9-5-10(19-12(9)13(18)17-7)8-2-3-15-11(14)4-8/h2-5,7,16H,6H2,1H3,(H,17,18). The summed E-state index contributed by atoms with van der Waals surface area (Å²) in [6, 6.07) is 5.81. The van der Waals surface area contributed by atoms with Crippen molar-refractivity contribution in [3.8, 4) is 10.4 Å². The quantitative estimate of drug-likeness (QED) is 0.795. The van der Waals surface area contributed by atoms with Crippen LogP contribution in [0.5, 0.6) is 0 Å². The van der Waals surface area contributed by atoms with E-state index in [4.69, 9.17) is 11.6 Å². The van der Waals surface area contributed by atoms with Gasteiger partial charge in [-0.2, -0.15) is 0 Å². The molecule has 3 rings (SSSR count). The summed E-state index contributed by atoms with van der Waals surface area (Å²) < 4.78 is 0. The van der Waals surface area contributed by atoms with Crippen LogP contribution >= 0.6 is 22.9 Å². The van der Waals surface area contributed by atoms with Crippen molar-refractivity contribution in [1.82, 2.24) is 10.3 Å². The maximum Gasteiger partial charge on any atom is 0.263 e. The first-order valence-electron chi connectivity index (χ1n) is 5.94. The topological polar surface area (TPSA) is 54.0 Å². The molecule has 0 fully saturated rings. The number of pyridine rings is 1. The third-order valence-corrected chi connectivity index (χ3v) is 4.32. The summed E-state index contributed by atoms with van der Waals surface area (Å²) in [6.07, 6.45) is 1.66. The monoisotopic (exact) mass is 293 g/mol. The van der Waals surface area contributed by atoms with Gasteiger partial charge in [0.25, 0.3) is 5.91 Å². The Balaban J connectivity index is 2.01. The Kier molecular flexibility index (Phi) is 3.16. The first-order chi connectivity index (χ1) is 9.13. The molecular formula is C13H12ClN3OS. The van der Waals surface area contributed by atoms with Crippen molar-refractivity contribution < 1.29 is 4.79 Å². The number of fused-ring (bicyclic) bond motifs is 1. The fourth-order valence-electron chi connectivity index (χ4n) is 1.99. The van der Waals surface area contributed by atoms with Crippen molar-refractivity contribution in [1.29, 1.82) is 0 Å². The summed E-state index contributed by atoms with van der Waals surface area (Å²) >= 11 is 7.35. The fraction of sp³-hybridized carbons (Fsp3) is 0.231. The third kappa shape index (κ3) is 2.43. The summed E-state index contributed by atoms with van der Waals surface area (Å²) in [7, 11) is 0. The number of aromatic nitrogens is 1. The molecule has 0 radical (unpaired) electrons. The van der Waals surface area contributed by atoms with Crippen LogP contribution in [0.1, 0.15) is 16.6 Å². The number of thiophene rings is 1. The van der Waals surface area contributed by atoms with Gasteiger partial charge in [-0.25, -0.2) is 4.98 Å². The van der Waals surface area contributed by atoms with E-state index in [2.05, 4.69) is 15.6 Å². The van der Waals surface area contributed by atoms with E-state index in [9.17, 15) is 4.79 Å². The van der Waals surface area contributed by atoms with Gasteiger partial charge in [0.1, 0.15) is 10.0 Å². The lowest BCUT2D eigenvalue weighted by Gasteiger charge is -2.08. The van der Waals surface area contributed by atoms with Crippen LogP contribution in [-0.2, 0) is 0 Å². The number of anilines is 1. The summed E-state index contributed by atoms with van der Waals surface area (Å²) in [5, 5.41) is 6.68. The molecule has 0 aromatic carbocycles. The molecule has 2 aromatic rings. The fourth-order valence-corrected chi connectivity index (χ4v) is 3.20. The molecule has 0 saturated carbocycles. The minimum atomic E-state index is -0.0242. The van der Waals surface area contributed by atoms with Crippen molar-refractivity contribution in [2.75, 3.05) is 11.9 Å². The average molecular weight is 294 g/mol. The normalized spacial score (nSPS) is 18.2. The molecule has 0 bridgehead atoms. The van der Waals surface area contributed by atoms with E-state index < -0.39 is 0 Å². The molecule has 1 unspecified atom stereocenters. The van der Waals surface area contributed by atoms with E-state index >= 15 is 0 Å². The summed E-state index contributed by atoms with van der Waals surface area (Å²) in [5.41, 5.74) is 1.86. The Morgan fingerprint density at radius 2 is 2.32 bits per heavy atom. The van der Waals surface area contributed by atoms with E-state index in [1.807, 2.05) is 19.1 Å². The Labute approximate surface area is 119 Å². The zero-order valence-corrected chi connectivity index (χ0v) is 11.8. The zero-order valence-electron chi connectivity index (χ0n) is 10.2. The van der Waals surface area contributed by atoms with Gasteiger partial charge in [0.2, 0.25) is 0 Å². The second kappa shape index (κ2) is 4.83. The first kappa shape index (κ1) is 12.4. The maximum atomic E-state index is 12.0. The maximum absolute atomic E-state index is 12.0. The number of rotatable bonds is 1. The number of hydrogen-bond donors (Lipinski definition) is 2. The van der Waals surface area contributed by atoms with Crippen LogP contribution in [0, 0.1) is 0 Å². The van der Waals surface area contributed by atoms with Crippen molar-refractivity contribution in [3.63, 3.8) is 0 Å². The lowest BCUT2D eigenvalue weighted by atomic mass is 10.2. The highest BCUT2D eigenvalue weighted by atomic mass is 35.5.